The summed E-state index contributed by atoms with van der Waals surface area (Å²) in [5.74, 6) is -3.22. The van der Waals surface area contributed by atoms with Crippen LogP contribution in [0.25, 0.3) is 11.3 Å². The van der Waals surface area contributed by atoms with Gasteiger partial charge in [0, 0.05) is 11.1 Å². The standard InChI is InChI=1S/C23H17ClF4N2O3/c24-16-7-4-6-15(23(26,27)28)19(16)21(31)30-18-8-3-1-2-5-14(18)20(29-30)13-10-9-12(22(32)33)11-17(13)25/h4,6-7,9-11H,1-3,5,8H2,(H,32,33). The Morgan fingerprint density at radius 3 is 2.45 bits per heavy atom. The average molecular weight is 481 g/mol. The van der Waals surface area contributed by atoms with Crippen LogP contribution in [0.3, 0.4) is 0 Å². The van der Waals surface area contributed by atoms with E-state index in [-0.39, 0.29) is 21.8 Å². The second-order valence-corrected chi connectivity index (χ2v) is 8.12. The van der Waals surface area contributed by atoms with E-state index in [0.29, 0.717) is 30.5 Å². The first-order valence-corrected chi connectivity index (χ1v) is 10.5. The SMILES string of the molecule is O=C(O)c1ccc(-c2nn(C(=O)c3c(Cl)cccc3C(F)(F)F)c3c2CCCCC3)c(F)c1. The number of fused-ring (bicyclic) bond motifs is 1. The number of alkyl halides is 3. The molecule has 2 aromatic carbocycles. The lowest BCUT2D eigenvalue weighted by Gasteiger charge is -2.14. The van der Waals surface area contributed by atoms with E-state index in [1.165, 1.54) is 18.2 Å². The molecule has 1 aliphatic rings. The van der Waals surface area contributed by atoms with Crippen LogP contribution in [0.4, 0.5) is 17.6 Å². The Morgan fingerprint density at radius 2 is 1.79 bits per heavy atom. The number of carbonyl (C=O) groups excluding carboxylic acids is 1. The molecule has 0 saturated heterocycles. The van der Waals surface area contributed by atoms with Crippen molar-refractivity contribution in [3.05, 3.63) is 75.2 Å². The van der Waals surface area contributed by atoms with E-state index in [2.05, 4.69) is 5.10 Å². The molecule has 0 atom stereocenters. The fourth-order valence-corrected chi connectivity index (χ4v) is 4.34. The van der Waals surface area contributed by atoms with E-state index < -0.39 is 35.0 Å². The minimum atomic E-state index is -4.82. The summed E-state index contributed by atoms with van der Waals surface area (Å²) in [6, 6.07) is 6.37. The van der Waals surface area contributed by atoms with E-state index >= 15 is 0 Å². The number of halogens is 5. The second-order valence-electron chi connectivity index (χ2n) is 7.71. The molecule has 0 unspecified atom stereocenters. The van der Waals surface area contributed by atoms with E-state index in [1.807, 2.05) is 0 Å². The third kappa shape index (κ3) is 4.25. The fourth-order valence-electron chi connectivity index (χ4n) is 4.08. The van der Waals surface area contributed by atoms with Crippen LogP contribution in [0.2, 0.25) is 5.02 Å². The lowest BCUT2D eigenvalue weighted by molar-refractivity contribution is -0.137. The van der Waals surface area contributed by atoms with Gasteiger partial charge >= 0.3 is 12.1 Å². The molecule has 0 aliphatic heterocycles. The van der Waals surface area contributed by atoms with Gasteiger partial charge in [0.05, 0.1) is 33.1 Å². The molecule has 172 valence electrons. The van der Waals surface area contributed by atoms with Crippen LogP contribution >= 0.6 is 11.6 Å². The Kier molecular flexibility index (Phi) is 6.00. The van der Waals surface area contributed by atoms with Gasteiger partial charge in [-0.1, -0.05) is 24.1 Å². The molecule has 1 aromatic heterocycles. The number of carbonyl (C=O) groups is 2. The first kappa shape index (κ1) is 23.0. The van der Waals surface area contributed by atoms with Crippen LogP contribution in [-0.4, -0.2) is 26.8 Å². The number of aromatic carboxylic acids is 1. The third-order valence-electron chi connectivity index (χ3n) is 5.63. The molecule has 0 amide bonds. The number of rotatable bonds is 3. The van der Waals surface area contributed by atoms with E-state index in [4.69, 9.17) is 16.7 Å². The Hall–Kier alpha value is -3.20. The van der Waals surface area contributed by atoms with Gasteiger partial charge in [-0.05, 0) is 56.0 Å². The number of benzene rings is 2. The van der Waals surface area contributed by atoms with Crippen LogP contribution < -0.4 is 0 Å². The van der Waals surface area contributed by atoms with E-state index in [1.54, 1.807) is 0 Å². The number of carboxylic acids is 1. The summed E-state index contributed by atoms with van der Waals surface area (Å²) in [7, 11) is 0. The maximum atomic E-state index is 14.8. The number of hydrogen-bond acceptors (Lipinski definition) is 3. The van der Waals surface area contributed by atoms with Crippen molar-refractivity contribution in [2.24, 2.45) is 0 Å². The molecule has 0 fully saturated rings. The predicted molar refractivity (Wildman–Crippen MR) is 112 cm³/mol. The van der Waals surface area contributed by atoms with Gasteiger partial charge in [-0.2, -0.15) is 23.0 Å². The normalized spacial score (nSPS) is 14.0. The zero-order valence-electron chi connectivity index (χ0n) is 17.0. The van der Waals surface area contributed by atoms with Gasteiger partial charge in [0.1, 0.15) is 5.82 Å². The summed E-state index contributed by atoms with van der Waals surface area (Å²) in [5.41, 5.74) is -1.13. The Labute approximate surface area is 190 Å². The summed E-state index contributed by atoms with van der Waals surface area (Å²) < 4.78 is 56.5. The summed E-state index contributed by atoms with van der Waals surface area (Å²) in [4.78, 5) is 24.5. The van der Waals surface area contributed by atoms with Crippen LogP contribution in [0.5, 0.6) is 0 Å². The number of hydrogen-bond donors (Lipinski definition) is 1. The average Bonchev–Trinajstić information content (AvgIpc) is 2.93. The molecule has 0 radical (unpaired) electrons. The topological polar surface area (TPSA) is 72.2 Å². The second kappa shape index (κ2) is 8.62. The van der Waals surface area contributed by atoms with Gasteiger partial charge < -0.3 is 5.11 Å². The van der Waals surface area contributed by atoms with Crippen molar-refractivity contribution >= 4 is 23.5 Å². The molecule has 33 heavy (non-hydrogen) atoms. The van der Waals surface area contributed by atoms with Crippen molar-refractivity contribution in [3.63, 3.8) is 0 Å². The van der Waals surface area contributed by atoms with Crippen molar-refractivity contribution in [2.75, 3.05) is 0 Å². The van der Waals surface area contributed by atoms with Gasteiger partial charge in [0.25, 0.3) is 5.91 Å². The highest BCUT2D eigenvalue weighted by Gasteiger charge is 2.38. The minimum absolute atomic E-state index is 0.0279. The summed E-state index contributed by atoms with van der Waals surface area (Å²) in [6.07, 6.45) is -1.76. The van der Waals surface area contributed by atoms with E-state index in [0.717, 1.165) is 35.7 Å². The van der Waals surface area contributed by atoms with Crippen molar-refractivity contribution in [1.29, 1.82) is 0 Å². The van der Waals surface area contributed by atoms with Crippen LogP contribution in [-0.2, 0) is 19.0 Å². The zero-order valence-corrected chi connectivity index (χ0v) is 17.8. The Morgan fingerprint density at radius 1 is 1.06 bits per heavy atom. The molecule has 1 aliphatic carbocycles. The molecule has 0 saturated carbocycles. The summed E-state index contributed by atoms with van der Waals surface area (Å²) in [6.45, 7) is 0. The maximum Gasteiger partial charge on any atom is 0.417 e. The molecule has 1 N–H and O–H groups in total. The summed E-state index contributed by atoms with van der Waals surface area (Å²) >= 11 is 6.01. The molecule has 5 nitrogen and oxygen atoms in total. The number of aromatic nitrogens is 2. The first-order chi connectivity index (χ1) is 15.6. The minimum Gasteiger partial charge on any atom is -0.478 e. The zero-order chi connectivity index (χ0) is 23.9. The monoisotopic (exact) mass is 480 g/mol. The van der Waals surface area contributed by atoms with Gasteiger partial charge in [-0.25, -0.2) is 9.18 Å². The molecular formula is C23H17ClF4N2O3. The van der Waals surface area contributed by atoms with Gasteiger partial charge in [0.15, 0.2) is 0 Å². The number of carboxylic acid groups (broad SMARTS) is 1. The highest BCUT2D eigenvalue weighted by Crippen LogP contribution is 2.37. The van der Waals surface area contributed by atoms with Crippen molar-refractivity contribution < 1.29 is 32.3 Å². The van der Waals surface area contributed by atoms with E-state index in [9.17, 15) is 27.2 Å². The lowest BCUT2D eigenvalue weighted by atomic mass is 10.0. The molecular weight excluding hydrogens is 464 g/mol. The highest BCUT2D eigenvalue weighted by atomic mass is 35.5. The Bertz CT molecular complexity index is 1270. The fraction of sp³-hybridized carbons (Fsp3) is 0.261. The quantitative estimate of drug-likeness (QED) is 0.368. The maximum absolute atomic E-state index is 14.8. The highest BCUT2D eigenvalue weighted by molar-refractivity contribution is 6.34. The van der Waals surface area contributed by atoms with Crippen molar-refractivity contribution in [2.45, 2.75) is 38.3 Å². The molecule has 3 aromatic rings. The molecule has 4 rings (SSSR count). The molecule has 0 bridgehead atoms. The molecule has 1 heterocycles. The van der Waals surface area contributed by atoms with Gasteiger partial charge in [-0.3, -0.25) is 4.79 Å². The predicted octanol–water partition coefficient (Wildman–Crippen LogP) is 6.02. The lowest BCUT2D eigenvalue weighted by Crippen LogP contribution is -2.22. The third-order valence-corrected chi connectivity index (χ3v) is 5.94. The summed E-state index contributed by atoms with van der Waals surface area (Å²) in [5, 5.41) is 12.9. The Balaban J connectivity index is 1.92. The molecule has 0 spiro atoms. The number of nitrogens with zero attached hydrogens (tertiary/aromatic N) is 2. The van der Waals surface area contributed by atoms with Crippen molar-refractivity contribution in [3.8, 4) is 11.3 Å². The smallest absolute Gasteiger partial charge is 0.417 e. The van der Waals surface area contributed by atoms with Crippen molar-refractivity contribution in [1.82, 2.24) is 9.78 Å². The van der Waals surface area contributed by atoms with Gasteiger partial charge in [0.2, 0.25) is 0 Å². The first-order valence-electron chi connectivity index (χ1n) is 10.1. The molecule has 10 heteroatoms. The largest absolute Gasteiger partial charge is 0.478 e. The van der Waals surface area contributed by atoms with Crippen LogP contribution in [0.15, 0.2) is 36.4 Å². The van der Waals surface area contributed by atoms with Crippen LogP contribution in [0, 0.1) is 5.82 Å². The van der Waals surface area contributed by atoms with Gasteiger partial charge in [-0.15, -0.1) is 0 Å². The van der Waals surface area contributed by atoms with Crippen LogP contribution in [0.1, 0.15) is 56.8 Å².